The molecule has 20 heavy (non-hydrogen) atoms. The van der Waals surface area contributed by atoms with Gasteiger partial charge in [-0.2, -0.15) is 24.9 Å². The van der Waals surface area contributed by atoms with E-state index >= 15 is 0 Å². The summed E-state index contributed by atoms with van der Waals surface area (Å²) < 4.78 is 38.3. The van der Waals surface area contributed by atoms with Crippen molar-refractivity contribution in [2.24, 2.45) is 5.73 Å². The molecule has 0 aromatic heterocycles. The van der Waals surface area contributed by atoms with Gasteiger partial charge in [0.15, 0.2) is 0 Å². The molecule has 0 radical (unpaired) electrons. The van der Waals surface area contributed by atoms with Crippen LogP contribution in [0.2, 0.25) is 0 Å². The van der Waals surface area contributed by atoms with E-state index in [-0.39, 0.29) is 17.4 Å². The van der Waals surface area contributed by atoms with Crippen molar-refractivity contribution >= 4 is 23.3 Å². The van der Waals surface area contributed by atoms with Gasteiger partial charge in [0.2, 0.25) is 0 Å². The van der Waals surface area contributed by atoms with Gasteiger partial charge in [-0.25, -0.2) is 0 Å². The second-order valence-corrected chi connectivity index (χ2v) is 5.91. The summed E-state index contributed by atoms with van der Waals surface area (Å²) >= 11 is 1.82. The first-order valence-electron chi connectivity index (χ1n) is 6.20. The second-order valence-electron chi connectivity index (χ2n) is 4.76. The molecular weight excluding hydrogens is 287 g/mol. The molecule has 1 aromatic carbocycles. The topological polar surface area (TPSA) is 53.1 Å². The predicted octanol–water partition coefficient (Wildman–Crippen LogP) is 2.93. The number of alkyl halides is 3. The molecule has 0 saturated carbocycles. The molecule has 0 aliphatic carbocycles. The first kappa shape index (κ1) is 15.0. The number of nitrogen functional groups attached to an aromatic ring is 1. The fourth-order valence-electron chi connectivity index (χ4n) is 2.26. The third-order valence-electron chi connectivity index (χ3n) is 3.29. The monoisotopic (exact) mass is 303 g/mol. The van der Waals surface area contributed by atoms with E-state index in [0.717, 1.165) is 30.2 Å². The molecule has 1 aliphatic heterocycles. The number of anilines is 1. The van der Waals surface area contributed by atoms with E-state index in [1.807, 2.05) is 23.6 Å². The quantitative estimate of drug-likeness (QED) is 0.652. The lowest BCUT2D eigenvalue weighted by atomic mass is 10.0. The van der Waals surface area contributed by atoms with Crippen molar-refractivity contribution < 1.29 is 13.2 Å². The van der Waals surface area contributed by atoms with Gasteiger partial charge in [0, 0.05) is 35.3 Å². The molecule has 0 amide bonds. The van der Waals surface area contributed by atoms with Gasteiger partial charge < -0.3 is 10.6 Å². The number of nitrogens with zero attached hydrogens (tertiary/aromatic N) is 1. The predicted molar refractivity (Wildman–Crippen MR) is 76.6 cm³/mol. The summed E-state index contributed by atoms with van der Waals surface area (Å²) in [5.74, 6) is 1.50. The van der Waals surface area contributed by atoms with E-state index in [9.17, 15) is 13.2 Å². The maximum atomic E-state index is 12.8. The van der Waals surface area contributed by atoms with E-state index in [0.29, 0.717) is 5.69 Å². The van der Waals surface area contributed by atoms with E-state index in [1.165, 1.54) is 6.07 Å². The number of halogens is 3. The Balaban J connectivity index is 2.45. The molecule has 3 N–H and O–H groups in total. The summed E-state index contributed by atoms with van der Waals surface area (Å²) in [6, 6.07) is 3.65. The van der Waals surface area contributed by atoms with E-state index in [1.54, 1.807) is 0 Å². The number of nitrogens with two attached hydrogens (primary N) is 1. The van der Waals surface area contributed by atoms with Gasteiger partial charge in [-0.1, -0.05) is 0 Å². The molecule has 110 valence electrons. The van der Waals surface area contributed by atoms with Crippen molar-refractivity contribution in [3.63, 3.8) is 0 Å². The van der Waals surface area contributed by atoms with Gasteiger partial charge in [0.1, 0.15) is 5.84 Å². The molecular formula is C13H16F3N3S. The molecule has 2 rings (SSSR count). The van der Waals surface area contributed by atoms with Crippen molar-refractivity contribution in [1.82, 2.24) is 0 Å². The maximum absolute atomic E-state index is 12.8. The Hall–Kier alpha value is -1.37. The smallest absolute Gasteiger partial charge is 0.384 e. The molecule has 1 fully saturated rings. The number of rotatable bonds is 2. The lowest BCUT2D eigenvalue weighted by Crippen LogP contribution is -2.41. The lowest BCUT2D eigenvalue weighted by Gasteiger charge is -2.36. The number of benzene rings is 1. The average molecular weight is 303 g/mol. The highest BCUT2D eigenvalue weighted by Gasteiger charge is 2.32. The van der Waals surface area contributed by atoms with Crippen LogP contribution in [-0.2, 0) is 6.18 Å². The first-order valence-corrected chi connectivity index (χ1v) is 7.36. The van der Waals surface area contributed by atoms with Crippen LogP contribution in [0.3, 0.4) is 0 Å². The van der Waals surface area contributed by atoms with Crippen molar-refractivity contribution in [1.29, 1.82) is 5.41 Å². The number of amidine groups is 1. The van der Waals surface area contributed by atoms with Crippen LogP contribution in [0.15, 0.2) is 18.2 Å². The van der Waals surface area contributed by atoms with Gasteiger partial charge in [-0.3, -0.25) is 5.41 Å². The third-order valence-corrected chi connectivity index (χ3v) is 4.48. The van der Waals surface area contributed by atoms with Crippen LogP contribution in [0.1, 0.15) is 18.1 Å². The summed E-state index contributed by atoms with van der Waals surface area (Å²) in [6.45, 7) is 2.77. The van der Waals surface area contributed by atoms with Crippen LogP contribution in [0, 0.1) is 5.41 Å². The van der Waals surface area contributed by atoms with Crippen molar-refractivity contribution in [3.8, 4) is 0 Å². The minimum Gasteiger partial charge on any atom is -0.384 e. The molecule has 1 saturated heterocycles. The number of hydrogen-bond donors (Lipinski definition) is 2. The van der Waals surface area contributed by atoms with Crippen LogP contribution >= 0.6 is 11.8 Å². The normalized spacial score (nSPS) is 20.0. The Morgan fingerprint density at radius 2 is 2.15 bits per heavy atom. The number of nitrogens with one attached hydrogen (secondary N) is 1. The van der Waals surface area contributed by atoms with E-state index in [4.69, 9.17) is 11.1 Å². The highest BCUT2D eigenvalue weighted by molar-refractivity contribution is 7.99. The first-order chi connectivity index (χ1) is 9.30. The summed E-state index contributed by atoms with van der Waals surface area (Å²) in [6.07, 6.45) is -4.42. The molecule has 1 heterocycles. The van der Waals surface area contributed by atoms with E-state index in [2.05, 4.69) is 0 Å². The molecule has 3 nitrogen and oxygen atoms in total. The van der Waals surface area contributed by atoms with Gasteiger partial charge in [0.25, 0.3) is 0 Å². The Labute approximate surface area is 119 Å². The maximum Gasteiger partial charge on any atom is 0.416 e. The van der Waals surface area contributed by atoms with Crippen LogP contribution in [0.5, 0.6) is 0 Å². The second kappa shape index (κ2) is 5.55. The highest BCUT2D eigenvalue weighted by Crippen LogP contribution is 2.34. The average Bonchev–Trinajstić information content (AvgIpc) is 2.37. The van der Waals surface area contributed by atoms with Crippen molar-refractivity contribution in [3.05, 3.63) is 29.3 Å². The number of hydrogen-bond acceptors (Lipinski definition) is 3. The fraction of sp³-hybridized carbons (Fsp3) is 0.462. The van der Waals surface area contributed by atoms with Crippen molar-refractivity contribution in [2.45, 2.75) is 19.1 Å². The molecule has 0 spiro atoms. The largest absolute Gasteiger partial charge is 0.416 e. The fourth-order valence-corrected chi connectivity index (χ4v) is 3.28. The summed E-state index contributed by atoms with van der Waals surface area (Å²) in [5.41, 5.74) is 5.45. The van der Waals surface area contributed by atoms with Gasteiger partial charge in [0.05, 0.1) is 5.56 Å². The van der Waals surface area contributed by atoms with Crippen LogP contribution in [0.25, 0.3) is 0 Å². The van der Waals surface area contributed by atoms with Gasteiger partial charge >= 0.3 is 6.18 Å². The zero-order valence-corrected chi connectivity index (χ0v) is 11.8. The van der Waals surface area contributed by atoms with Crippen LogP contribution in [0.4, 0.5) is 18.9 Å². The zero-order valence-electron chi connectivity index (χ0n) is 11.0. The minimum atomic E-state index is -4.42. The molecule has 1 unspecified atom stereocenters. The standard InChI is InChI=1S/C13H16F3N3S/c1-8-7-20-5-4-19(8)11-3-2-9(13(14,15)16)6-10(11)12(17)18/h2-3,6,8H,4-5,7H2,1H3,(H3,17,18). The SMILES string of the molecule is CC1CSCCN1c1ccc(C(F)(F)F)cc1C(=N)N. The Morgan fingerprint density at radius 3 is 2.70 bits per heavy atom. The number of thioether (sulfide) groups is 1. The Morgan fingerprint density at radius 1 is 1.45 bits per heavy atom. The van der Waals surface area contributed by atoms with Crippen LogP contribution in [-0.4, -0.2) is 29.9 Å². The molecule has 1 aromatic rings. The third kappa shape index (κ3) is 3.03. The van der Waals surface area contributed by atoms with E-state index < -0.39 is 11.7 Å². The van der Waals surface area contributed by atoms with Crippen LogP contribution < -0.4 is 10.6 Å². The minimum absolute atomic E-state index is 0.151. The molecule has 1 aliphatic rings. The lowest BCUT2D eigenvalue weighted by molar-refractivity contribution is -0.137. The molecule has 1 atom stereocenters. The molecule has 0 bridgehead atoms. The summed E-state index contributed by atoms with van der Waals surface area (Å²) in [7, 11) is 0. The summed E-state index contributed by atoms with van der Waals surface area (Å²) in [5, 5.41) is 7.54. The zero-order chi connectivity index (χ0) is 14.9. The van der Waals surface area contributed by atoms with Gasteiger partial charge in [-0.05, 0) is 25.1 Å². The highest BCUT2D eigenvalue weighted by atomic mass is 32.2. The summed E-state index contributed by atoms with van der Waals surface area (Å²) in [4.78, 5) is 2.02. The Bertz CT molecular complexity index is 516. The Kier molecular flexibility index (Phi) is 4.17. The van der Waals surface area contributed by atoms with Crippen molar-refractivity contribution in [2.75, 3.05) is 23.0 Å². The van der Waals surface area contributed by atoms with Gasteiger partial charge in [-0.15, -0.1) is 0 Å². The molecule has 7 heteroatoms.